The Kier molecular flexibility index (Phi) is 3.64. The standard InChI is InChI=1S/C14H15NO4/c1-9(16)11-4-2-10(3-5-11)7-15-8-12(14(18)19)6-13(15)17/h2-5,12H,6-8H2,1H3,(H,18,19). The number of carboxylic acid groups (broad SMARTS) is 1. The molecule has 0 spiro atoms. The van der Waals surface area contributed by atoms with Crippen LogP contribution in [0.5, 0.6) is 0 Å². The van der Waals surface area contributed by atoms with Crippen LogP contribution in [0.1, 0.15) is 29.3 Å². The first-order chi connectivity index (χ1) is 8.97. The van der Waals surface area contributed by atoms with Crippen LogP contribution in [0.25, 0.3) is 0 Å². The normalized spacial score (nSPS) is 18.7. The van der Waals surface area contributed by atoms with Crippen LogP contribution in [0, 0.1) is 5.92 Å². The molecule has 1 saturated heterocycles. The van der Waals surface area contributed by atoms with Gasteiger partial charge in [0.1, 0.15) is 0 Å². The molecule has 0 saturated carbocycles. The summed E-state index contributed by atoms with van der Waals surface area (Å²) >= 11 is 0. The molecule has 0 aromatic heterocycles. The highest BCUT2D eigenvalue weighted by Gasteiger charge is 2.33. The zero-order chi connectivity index (χ0) is 14.0. The number of benzene rings is 1. The number of ketones is 1. The van der Waals surface area contributed by atoms with Crippen LogP contribution in [0.15, 0.2) is 24.3 Å². The fourth-order valence-corrected chi connectivity index (χ4v) is 2.16. The average Bonchev–Trinajstić information content (AvgIpc) is 2.72. The van der Waals surface area contributed by atoms with Crippen LogP contribution >= 0.6 is 0 Å². The Balaban J connectivity index is 2.03. The lowest BCUT2D eigenvalue weighted by Crippen LogP contribution is -2.25. The van der Waals surface area contributed by atoms with Crippen LogP contribution in [0.3, 0.4) is 0 Å². The van der Waals surface area contributed by atoms with Gasteiger partial charge in [-0.3, -0.25) is 14.4 Å². The maximum atomic E-state index is 11.7. The molecular formula is C14H15NO4. The molecule has 2 rings (SSSR count). The molecule has 0 aliphatic carbocycles. The number of amides is 1. The molecule has 5 nitrogen and oxygen atoms in total. The molecule has 0 radical (unpaired) electrons. The van der Waals surface area contributed by atoms with Crippen molar-refractivity contribution in [2.24, 2.45) is 5.92 Å². The Hall–Kier alpha value is -2.17. The molecule has 1 aliphatic rings. The van der Waals surface area contributed by atoms with Gasteiger partial charge in [0.2, 0.25) is 5.91 Å². The Morgan fingerprint density at radius 3 is 2.42 bits per heavy atom. The Labute approximate surface area is 110 Å². The van der Waals surface area contributed by atoms with E-state index in [1.54, 1.807) is 29.2 Å². The van der Waals surface area contributed by atoms with Crippen molar-refractivity contribution < 1.29 is 19.5 Å². The molecular weight excluding hydrogens is 246 g/mol. The summed E-state index contributed by atoms with van der Waals surface area (Å²) in [5.41, 5.74) is 1.52. The van der Waals surface area contributed by atoms with E-state index in [-0.39, 0.29) is 24.7 Å². The summed E-state index contributed by atoms with van der Waals surface area (Å²) in [7, 11) is 0. The van der Waals surface area contributed by atoms with E-state index < -0.39 is 11.9 Å². The number of hydrogen-bond acceptors (Lipinski definition) is 3. The minimum absolute atomic E-state index is 0.00487. The zero-order valence-corrected chi connectivity index (χ0v) is 10.6. The third-order valence-corrected chi connectivity index (χ3v) is 3.30. The van der Waals surface area contributed by atoms with E-state index in [4.69, 9.17) is 5.11 Å². The predicted molar refractivity (Wildman–Crippen MR) is 67.6 cm³/mol. The van der Waals surface area contributed by atoms with Crippen molar-refractivity contribution in [3.05, 3.63) is 35.4 Å². The van der Waals surface area contributed by atoms with Crippen LogP contribution in [-0.4, -0.2) is 34.2 Å². The molecule has 5 heteroatoms. The third-order valence-electron chi connectivity index (χ3n) is 3.30. The van der Waals surface area contributed by atoms with Crippen molar-refractivity contribution in [3.8, 4) is 0 Å². The number of nitrogens with zero attached hydrogens (tertiary/aromatic N) is 1. The second kappa shape index (κ2) is 5.22. The zero-order valence-electron chi connectivity index (χ0n) is 10.6. The van der Waals surface area contributed by atoms with Gasteiger partial charge < -0.3 is 10.0 Å². The molecule has 1 aromatic carbocycles. The lowest BCUT2D eigenvalue weighted by molar-refractivity contribution is -0.141. The first kappa shape index (κ1) is 13.3. The number of carboxylic acids is 1. The summed E-state index contributed by atoms with van der Waals surface area (Å²) in [5.74, 6) is -1.68. The van der Waals surface area contributed by atoms with Crippen LogP contribution in [-0.2, 0) is 16.1 Å². The van der Waals surface area contributed by atoms with Crippen LogP contribution < -0.4 is 0 Å². The van der Waals surface area contributed by atoms with E-state index >= 15 is 0 Å². The number of rotatable bonds is 4. The number of hydrogen-bond donors (Lipinski definition) is 1. The number of Topliss-reactive ketones (excluding diaryl/α,β-unsaturated/α-hetero) is 1. The van der Waals surface area contributed by atoms with Gasteiger partial charge in [-0.1, -0.05) is 24.3 Å². The lowest BCUT2D eigenvalue weighted by atomic mass is 10.1. The summed E-state index contributed by atoms with van der Waals surface area (Å²) in [6.45, 7) is 2.14. The molecule has 1 atom stereocenters. The lowest BCUT2D eigenvalue weighted by Gasteiger charge is -2.16. The first-order valence-corrected chi connectivity index (χ1v) is 6.08. The fourth-order valence-electron chi connectivity index (χ4n) is 2.16. The van der Waals surface area contributed by atoms with Crippen molar-refractivity contribution in [2.45, 2.75) is 19.9 Å². The van der Waals surface area contributed by atoms with Crippen molar-refractivity contribution in [2.75, 3.05) is 6.54 Å². The molecule has 1 aliphatic heterocycles. The molecule has 1 fully saturated rings. The smallest absolute Gasteiger partial charge is 0.308 e. The Morgan fingerprint density at radius 1 is 1.32 bits per heavy atom. The van der Waals surface area contributed by atoms with E-state index in [0.29, 0.717) is 12.1 Å². The summed E-state index contributed by atoms with van der Waals surface area (Å²) in [6.07, 6.45) is 0.0703. The Morgan fingerprint density at radius 2 is 1.95 bits per heavy atom. The van der Waals surface area contributed by atoms with E-state index in [0.717, 1.165) is 5.56 Å². The fraction of sp³-hybridized carbons (Fsp3) is 0.357. The second-order valence-electron chi connectivity index (χ2n) is 4.77. The number of carbonyl (C=O) groups excluding carboxylic acids is 2. The SMILES string of the molecule is CC(=O)c1ccc(CN2CC(C(=O)O)CC2=O)cc1. The van der Waals surface area contributed by atoms with Gasteiger partial charge in [0.15, 0.2) is 5.78 Å². The van der Waals surface area contributed by atoms with Crippen LogP contribution in [0.2, 0.25) is 0 Å². The van der Waals surface area contributed by atoms with E-state index in [1.807, 2.05) is 0 Å². The molecule has 1 heterocycles. The highest BCUT2D eigenvalue weighted by atomic mass is 16.4. The topological polar surface area (TPSA) is 74.7 Å². The third kappa shape index (κ3) is 2.99. The van der Waals surface area contributed by atoms with Crippen LogP contribution in [0.4, 0.5) is 0 Å². The minimum Gasteiger partial charge on any atom is -0.481 e. The maximum Gasteiger partial charge on any atom is 0.308 e. The predicted octanol–water partition coefficient (Wildman–Crippen LogP) is 1.32. The van der Waals surface area contributed by atoms with Gasteiger partial charge >= 0.3 is 5.97 Å². The minimum atomic E-state index is -0.928. The molecule has 0 bridgehead atoms. The van der Waals surface area contributed by atoms with Gasteiger partial charge in [0, 0.05) is 25.1 Å². The molecule has 1 unspecified atom stereocenters. The van der Waals surface area contributed by atoms with Gasteiger partial charge in [0.25, 0.3) is 0 Å². The maximum absolute atomic E-state index is 11.7. The first-order valence-electron chi connectivity index (χ1n) is 6.08. The van der Waals surface area contributed by atoms with Crippen molar-refractivity contribution in [1.82, 2.24) is 4.90 Å². The van der Waals surface area contributed by atoms with Gasteiger partial charge in [0.05, 0.1) is 5.92 Å². The molecule has 1 amide bonds. The van der Waals surface area contributed by atoms with Gasteiger partial charge in [-0.15, -0.1) is 0 Å². The largest absolute Gasteiger partial charge is 0.481 e. The van der Waals surface area contributed by atoms with E-state index in [9.17, 15) is 14.4 Å². The van der Waals surface area contributed by atoms with Gasteiger partial charge in [-0.25, -0.2) is 0 Å². The highest BCUT2D eigenvalue weighted by Crippen LogP contribution is 2.20. The highest BCUT2D eigenvalue weighted by molar-refractivity contribution is 5.94. The van der Waals surface area contributed by atoms with Crippen molar-refractivity contribution in [3.63, 3.8) is 0 Å². The Bertz CT molecular complexity index is 521. The number of likely N-dealkylation sites (tertiary alicyclic amines) is 1. The van der Waals surface area contributed by atoms with E-state index in [1.165, 1.54) is 6.92 Å². The van der Waals surface area contributed by atoms with Gasteiger partial charge in [-0.05, 0) is 12.5 Å². The summed E-state index contributed by atoms with van der Waals surface area (Å²) in [5, 5.41) is 8.90. The van der Waals surface area contributed by atoms with Gasteiger partial charge in [-0.2, -0.15) is 0 Å². The molecule has 100 valence electrons. The summed E-state index contributed by atoms with van der Waals surface area (Å²) in [4.78, 5) is 35.2. The quantitative estimate of drug-likeness (QED) is 0.829. The monoisotopic (exact) mass is 261 g/mol. The van der Waals surface area contributed by atoms with E-state index in [2.05, 4.69) is 0 Å². The number of aliphatic carboxylic acids is 1. The number of carbonyl (C=O) groups is 3. The summed E-state index contributed by atoms with van der Waals surface area (Å²) in [6, 6.07) is 7.01. The summed E-state index contributed by atoms with van der Waals surface area (Å²) < 4.78 is 0. The second-order valence-corrected chi connectivity index (χ2v) is 4.77. The average molecular weight is 261 g/mol. The molecule has 1 N–H and O–H groups in total. The molecule has 1 aromatic rings. The van der Waals surface area contributed by atoms with Crippen molar-refractivity contribution >= 4 is 17.7 Å². The van der Waals surface area contributed by atoms with Crippen molar-refractivity contribution in [1.29, 1.82) is 0 Å². The molecule has 19 heavy (non-hydrogen) atoms.